The smallest absolute Gasteiger partial charge is 0.223 e. The Balaban J connectivity index is 1.55. The Morgan fingerprint density at radius 2 is 2.16 bits per heavy atom. The Bertz CT molecular complexity index is 751. The van der Waals surface area contributed by atoms with Crippen LogP contribution in [0.15, 0.2) is 36.7 Å². The lowest BCUT2D eigenvalue weighted by atomic mass is 9.92. The molecule has 1 fully saturated rings. The SMILES string of the molecule is N#Cc1ccc(CCC(=O)N2CCCC(O)(Cn3ccnn3)C2)cc1. The molecule has 7 nitrogen and oxygen atoms in total. The Morgan fingerprint density at radius 3 is 2.84 bits per heavy atom. The van der Waals surface area contributed by atoms with Crippen LogP contribution in [0, 0.1) is 11.3 Å². The summed E-state index contributed by atoms with van der Waals surface area (Å²) in [6.07, 6.45) is 5.73. The van der Waals surface area contributed by atoms with E-state index in [4.69, 9.17) is 5.26 Å². The van der Waals surface area contributed by atoms with Crippen LogP contribution < -0.4 is 0 Å². The first-order valence-corrected chi connectivity index (χ1v) is 8.41. The maximum atomic E-state index is 12.5. The molecular weight excluding hydrogens is 318 g/mol. The van der Waals surface area contributed by atoms with E-state index in [0.717, 1.165) is 12.0 Å². The first kappa shape index (κ1) is 17.1. The molecular formula is C18H21N5O2. The second-order valence-corrected chi connectivity index (χ2v) is 6.55. The molecule has 0 aliphatic carbocycles. The predicted octanol–water partition coefficient (Wildman–Crippen LogP) is 1.14. The van der Waals surface area contributed by atoms with Gasteiger partial charge in [0.05, 0.1) is 30.9 Å². The van der Waals surface area contributed by atoms with Gasteiger partial charge >= 0.3 is 0 Å². The molecule has 3 rings (SSSR count). The molecule has 1 unspecified atom stereocenters. The number of hydrogen-bond acceptors (Lipinski definition) is 5. The topological polar surface area (TPSA) is 95.0 Å². The van der Waals surface area contributed by atoms with Gasteiger partial charge in [-0.25, -0.2) is 4.68 Å². The van der Waals surface area contributed by atoms with Crippen LogP contribution in [-0.2, 0) is 17.8 Å². The fraction of sp³-hybridized carbons (Fsp3) is 0.444. The van der Waals surface area contributed by atoms with Gasteiger partial charge in [0.1, 0.15) is 5.60 Å². The average molecular weight is 339 g/mol. The number of hydrogen-bond donors (Lipinski definition) is 1. The van der Waals surface area contributed by atoms with Gasteiger partial charge in [-0.15, -0.1) is 5.10 Å². The second kappa shape index (κ2) is 7.45. The van der Waals surface area contributed by atoms with E-state index in [-0.39, 0.29) is 5.91 Å². The third-order valence-electron chi connectivity index (χ3n) is 4.55. The summed E-state index contributed by atoms with van der Waals surface area (Å²) in [6.45, 7) is 1.33. The molecule has 130 valence electrons. The lowest BCUT2D eigenvalue weighted by molar-refractivity contribution is -0.139. The predicted molar refractivity (Wildman–Crippen MR) is 90.3 cm³/mol. The summed E-state index contributed by atoms with van der Waals surface area (Å²) in [7, 11) is 0. The van der Waals surface area contributed by atoms with Gasteiger partial charge in [0.2, 0.25) is 5.91 Å². The largest absolute Gasteiger partial charge is 0.386 e. The fourth-order valence-electron chi connectivity index (χ4n) is 3.23. The fourth-order valence-corrected chi connectivity index (χ4v) is 3.23. The minimum Gasteiger partial charge on any atom is -0.386 e. The van der Waals surface area contributed by atoms with Crippen LogP contribution in [0.5, 0.6) is 0 Å². The summed E-state index contributed by atoms with van der Waals surface area (Å²) in [4.78, 5) is 14.3. The maximum absolute atomic E-state index is 12.5. The molecule has 25 heavy (non-hydrogen) atoms. The van der Waals surface area contributed by atoms with Crippen molar-refractivity contribution in [2.75, 3.05) is 13.1 Å². The maximum Gasteiger partial charge on any atom is 0.223 e. The second-order valence-electron chi connectivity index (χ2n) is 6.55. The zero-order valence-corrected chi connectivity index (χ0v) is 14.0. The van der Waals surface area contributed by atoms with Crippen LogP contribution in [0.1, 0.15) is 30.4 Å². The van der Waals surface area contributed by atoms with Crippen molar-refractivity contribution in [3.05, 3.63) is 47.8 Å². The number of carbonyl (C=O) groups is 1. The molecule has 0 bridgehead atoms. The number of benzene rings is 1. The highest BCUT2D eigenvalue weighted by Gasteiger charge is 2.35. The summed E-state index contributed by atoms with van der Waals surface area (Å²) in [5.74, 6) is 0.0427. The average Bonchev–Trinajstić information content (AvgIpc) is 3.12. The molecule has 1 aliphatic heterocycles. The quantitative estimate of drug-likeness (QED) is 0.881. The highest BCUT2D eigenvalue weighted by Crippen LogP contribution is 2.23. The number of aryl methyl sites for hydroxylation is 1. The molecule has 1 aromatic heterocycles. The van der Waals surface area contributed by atoms with Crippen molar-refractivity contribution in [1.82, 2.24) is 19.9 Å². The van der Waals surface area contributed by atoms with Gasteiger partial charge in [-0.05, 0) is 37.0 Å². The molecule has 2 aromatic rings. The summed E-state index contributed by atoms with van der Waals surface area (Å²) in [5.41, 5.74) is 0.683. The summed E-state index contributed by atoms with van der Waals surface area (Å²) in [5, 5.41) is 27.3. The van der Waals surface area contributed by atoms with E-state index in [0.29, 0.717) is 44.5 Å². The highest BCUT2D eigenvalue weighted by atomic mass is 16.3. The van der Waals surface area contributed by atoms with E-state index >= 15 is 0 Å². The van der Waals surface area contributed by atoms with E-state index in [9.17, 15) is 9.90 Å². The molecule has 1 N–H and O–H groups in total. The molecule has 7 heteroatoms. The van der Waals surface area contributed by atoms with Crippen molar-refractivity contribution < 1.29 is 9.90 Å². The minimum absolute atomic E-state index is 0.0427. The number of aliphatic hydroxyl groups is 1. The van der Waals surface area contributed by atoms with E-state index in [1.165, 1.54) is 0 Å². The number of aromatic nitrogens is 3. The van der Waals surface area contributed by atoms with Crippen molar-refractivity contribution in [3.63, 3.8) is 0 Å². The van der Waals surface area contributed by atoms with Gasteiger partial charge in [-0.2, -0.15) is 5.26 Å². The van der Waals surface area contributed by atoms with E-state index in [2.05, 4.69) is 16.4 Å². The van der Waals surface area contributed by atoms with Crippen molar-refractivity contribution in [3.8, 4) is 6.07 Å². The number of carbonyl (C=O) groups excluding carboxylic acids is 1. The lowest BCUT2D eigenvalue weighted by Gasteiger charge is -2.39. The molecule has 1 saturated heterocycles. The molecule has 0 saturated carbocycles. The van der Waals surface area contributed by atoms with E-state index in [1.807, 2.05) is 12.1 Å². The van der Waals surface area contributed by atoms with Crippen LogP contribution in [0.2, 0.25) is 0 Å². The Labute approximate surface area is 146 Å². The van der Waals surface area contributed by atoms with Gasteiger partial charge in [0.25, 0.3) is 0 Å². The number of nitrogens with zero attached hydrogens (tertiary/aromatic N) is 5. The monoisotopic (exact) mass is 339 g/mol. The molecule has 1 aromatic carbocycles. The number of β-amino-alcohol motifs (C(OH)–C–C–N with tert-alkyl or cyclic N) is 1. The standard InChI is InChI=1S/C18H21N5O2/c19-12-16-4-2-15(3-5-16)6-7-17(24)22-10-1-8-18(25,13-22)14-23-11-9-20-21-23/h2-5,9,11,25H,1,6-8,10,13-14H2. The van der Waals surface area contributed by atoms with Crippen LogP contribution in [0.3, 0.4) is 0 Å². The van der Waals surface area contributed by atoms with Gasteiger partial charge in [-0.1, -0.05) is 17.3 Å². The van der Waals surface area contributed by atoms with Crippen LogP contribution >= 0.6 is 0 Å². The molecule has 1 amide bonds. The zero-order valence-electron chi connectivity index (χ0n) is 14.0. The lowest BCUT2D eigenvalue weighted by Crippen LogP contribution is -2.52. The number of rotatable bonds is 5. The van der Waals surface area contributed by atoms with Gasteiger partial charge < -0.3 is 10.0 Å². The van der Waals surface area contributed by atoms with Crippen LogP contribution in [0.25, 0.3) is 0 Å². The Morgan fingerprint density at radius 1 is 1.36 bits per heavy atom. The number of nitriles is 1. The molecule has 2 heterocycles. The van der Waals surface area contributed by atoms with Crippen molar-refractivity contribution in [1.29, 1.82) is 5.26 Å². The first-order chi connectivity index (χ1) is 12.1. The third-order valence-corrected chi connectivity index (χ3v) is 4.55. The van der Waals surface area contributed by atoms with Crippen molar-refractivity contribution >= 4 is 5.91 Å². The normalized spacial score (nSPS) is 20.2. The minimum atomic E-state index is -0.962. The molecule has 1 aliphatic rings. The molecule has 1 atom stereocenters. The van der Waals surface area contributed by atoms with Gasteiger partial charge in [0, 0.05) is 19.2 Å². The molecule has 0 spiro atoms. The van der Waals surface area contributed by atoms with E-state index < -0.39 is 5.60 Å². The third kappa shape index (κ3) is 4.43. The van der Waals surface area contributed by atoms with Crippen molar-refractivity contribution in [2.45, 2.75) is 37.8 Å². The Kier molecular flexibility index (Phi) is 5.10. The van der Waals surface area contributed by atoms with Crippen LogP contribution in [-0.4, -0.2) is 49.6 Å². The summed E-state index contributed by atoms with van der Waals surface area (Å²) >= 11 is 0. The zero-order chi connectivity index (χ0) is 17.7. The number of likely N-dealkylation sites (tertiary alicyclic amines) is 1. The van der Waals surface area contributed by atoms with Crippen LogP contribution in [0.4, 0.5) is 0 Å². The first-order valence-electron chi connectivity index (χ1n) is 8.41. The summed E-state index contributed by atoms with van der Waals surface area (Å²) in [6, 6.07) is 9.36. The molecule has 0 radical (unpaired) electrons. The van der Waals surface area contributed by atoms with Gasteiger partial charge in [-0.3, -0.25) is 4.79 Å². The van der Waals surface area contributed by atoms with Gasteiger partial charge in [0.15, 0.2) is 0 Å². The highest BCUT2D eigenvalue weighted by molar-refractivity contribution is 5.76. The summed E-state index contributed by atoms with van der Waals surface area (Å²) < 4.78 is 1.60. The number of amides is 1. The van der Waals surface area contributed by atoms with E-state index in [1.54, 1.807) is 34.1 Å². The Hall–Kier alpha value is -2.72. The van der Waals surface area contributed by atoms with Crippen molar-refractivity contribution in [2.24, 2.45) is 0 Å². The number of piperidine rings is 1.